The summed E-state index contributed by atoms with van der Waals surface area (Å²) >= 11 is 0. The lowest BCUT2D eigenvalue weighted by Gasteiger charge is -2.33. The molecule has 1 aromatic rings. The Morgan fingerprint density at radius 2 is 1.93 bits per heavy atom. The average Bonchev–Trinajstić information content (AvgIpc) is 3.05. The lowest BCUT2D eigenvalue weighted by Crippen LogP contribution is -2.48. The molecule has 0 aromatic heterocycles. The first-order chi connectivity index (χ1) is 13.7. The molecule has 158 valence electrons. The summed E-state index contributed by atoms with van der Waals surface area (Å²) in [6, 6.07) is 7.70. The van der Waals surface area contributed by atoms with Gasteiger partial charge in [-0.3, -0.25) is 4.79 Å². The highest BCUT2D eigenvalue weighted by Gasteiger charge is 2.37. The molecule has 1 aliphatic rings. The molecule has 0 unspecified atom stereocenters. The van der Waals surface area contributed by atoms with E-state index in [4.69, 9.17) is 14.7 Å². The number of ether oxygens (including phenoxy) is 2. The summed E-state index contributed by atoms with van der Waals surface area (Å²) in [7, 11) is -3.14. The predicted molar refractivity (Wildman–Crippen MR) is 106 cm³/mol. The van der Waals surface area contributed by atoms with Crippen molar-refractivity contribution < 1.29 is 27.5 Å². The standard InChI is InChI=1S/C20H26N2O6S/c1-4-14(2)22(17-9-10-29(25,26)13-17)19(23)12-27-20(24)15(3)28-18-7-5-16(11-21)6-8-18/h5-8,14-15,17H,4,9-10,12-13H2,1-3H3/t14-,15-,17-/m1/s1. The van der Waals surface area contributed by atoms with Crippen molar-refractivity contribution in [1.82, 2.24) is 4.90 Å². The maximum absolute atomic E-state index is 12.7. The van der Waals surface area contributed by atoms with Crippen LogP contribution in [0.2, 0.25) is 0 Å². The molecule has 0 aliphatic carbocycles. The number of rotatable bonds is 8. The van der Waals surface area contributed by atoms with Gasteiger partial charge in [-0.15, -0.1) is 0 Å². The van der Waals surface area contributed by atoms with Gasteiger partial charge in [-0.05, 0) is 51.0 Å². The molecule has 9 heteroatoms. The highest BCUT2D eigenvalue weighted by molar-refractivity contribution is 7.91. The zero-order chi connectivity index (χ0) is 21.6. The Bertz CT molecular complexity index is 875. The number of carbonyl (C=O) groups is 2. The zero-order valence-corrected chi connectivity index (χ0v) is 17.6. The molecule has 1 fully saturated rings. The number of sulfone groups is 1. The first kappa shape index (κ1) is 22.7. The van der Waals surface area contributed by atoms with E-state index in [-0.39, 0.29) is 17.5 Å². The molecule has 3 atom stereocenters. The highest BCUT2D eigenvalue weighted by Crippen LogP contribution is 2.21. The molecule has 1 aliphatic heterocycles. The largest absolute Gasteiger partial charge is 0.479 e. The molecular weight excluding hydrogens is 396 g/mol. The number of nitriles is 1. The van der Waals surface area contributed by atoms with Gasteiger partial charge in [0, 0.05) is 12.1 Å². The minimum atomic E-state index is -3.14. The molecule has 0 N–H and O–H groups in total. The third-order valence-electron chi connectivity index (χ3n) is 4.92. The van der Waals surface area contributed by atoms with E-state index in [1.165, 1.54) is 11.8 Å². The molecule has 1 aromatic carbocycles. The Balaban J connectivity index is 1.93. The van der Waals surface area contributed by atoms with Gasteiger partial charge < -0.3 is 14.4 Å². The predicted octanol–water partition coefficient (Wildman–Crippen LogP) is 1.68. The number of hydrogen-bond donors (Lipinski definition) is 0. The van der Waals surface area contributed by atoms with Gasteiger partial charge in [-0.1, -0.05) is 6.92 Å². The minimum Gasteiger partial charge on any atom is -0.479 e. The van der Waals surface area contributed by atoms with Crippen LogP contribution < -0.4 is 4.74 Å². The summed E-state index contributed by atoms with van der Waals surface area (Å²) < 4.78 is 34.2. The molecule has 0 spiro atoms. The van der Waals surface area contributed by atoms with Gasteiger partial charge in [0.1, 0.15) is 5.75 Å². The van der Waals surface area contributed by atoms with Crippen LogP contribution in [0, 0.1) is 11.3 Å². The summed E-state index contributed by atoms with van der Waals surface area (Å²) in [6.45, 7) is 4.79. The third-order valence-corrected chi connectivity index (χ3v) is 6.67. The Hall–Kier alpha value is -2.60. The number of carbonyl (C=O) groups excluding carboxylic acids is 2. The highest BCUT2D eigenvalue weighted by atomic mass is 32.2. The maximum Gasteiger partial charge on any atom is 0.347 e. The van der Waals surface area contributed by atoms with Crippen LogP contribution in [0.1, 0.15) is 39.2 Å². The molecule has 0 radical (unpaired) electrons. The van der Waals surface area contributed by atoms with E-state index >= 15 is 0 Å². The second-order valence-electron chi connectivity index (χ2n) is 7.12. The van der Waals surface area contributed by atoms with Crippen LogP contribution in [-0.2, 0) is 24.2 Å². The molecule has 2 rings (SSSR count). The fourth-order valence-corrected chi connectivity index (χ4v) is 4.90. The van der Waals surface area contributed by atoms with Crippen molar-refractivity contribution in [1.29, 1.82) is 5.26 Å². The van der Waals surface area contributed by atoms with Crippen LogP contribution in [-0.4, -0.2) is 61.5 Å². The Labute approximate surface area is 171 Å². The van der Waals surface area contributed by atoms with Crippen LogP contribution >= 0.6 is 0 Å². The second-order valence-corrected chi connectivity index (χ2v) is 9.35. The van der Waals surface area contributed by atoms with E-state index in [1.54, 1.807) is 24.3 Å². The van der Waals surface area contributed by atoms with E-state index in [9.17, 15) is 18.0 Å². The lowest BCUT2D eigenvalue weighted by atomic mass is 10.1. The van der Waals surface area contributed by atoms with Crippen LogP contribution in [0.5, 0.6) is 5.75 Å². The van der Waals surface area contributed by atoms with Crippen molar-refractivity contribution in [2.75, 3.05) is 18.1 Å². The van der Waals surface area contributed by atoms with Crippen molar-refractivity contribution in [3.05, 3.63) is 29.8 Å². The molecule has 0 bridgehead atoms. The zero-order valence-electron chi connectivity index (χ0n) is 16.8. The number of esters is 1. The van der Waals surface area contributed by atoms with Crippen LogP contribution in [0.3, 0.4) is 0 Å². The van der Waals surface area contributed by atoms with E-state index < -0.39 is 40.5 Å². The van der Waals surface area contributed by atoms with Gasteiger partial charge in [0.25, 0.3) is 5.91 Å². The third kappa shape index (κ3) is 6.19. The molecule has 29 heavy (non-hydrogen) atoms. The quantitative estimate of drug-likeness (QED) is 0.586. The van der Waals surface area contributed by atoms with Crippen LogP contribution in [0.25, 0.3) is 0 Å². The maximum atomic E-state index is 12.7. The van der Waals surface area contributed by atoms with E-state index in [1.807, 2.05) is 19.9 Å². The molecule has 0 saturated carbocycles. The van der Waals surface area contributed by atoms with Gasteiger partial charge in [0.2, 0.25) is 0 Å². The number of nitrogens with zero attached hydrogens (tertiary/aromatic N) is 2. The Morgan fingerprint density at radius 1 is 1.28 bits per heavy atom. The summed E-state index contributed by atoms with van der Waals surface area (Å²) in [5.74, 6) is -0.717. The summed E-state index contributed by atoms with van der Waals surface area (Å²) in [6.07, 6.45) is 0.110. The first-order valence-corrected chi connectivity index (χ1v) is 11.3. The van der Waals surface area contributed by atoms with Crippen LogP contribution in [0.15, 0.2) is 24.3 Å². The topological polar surface area (TPSA) is 114 Å². The normalized spacial score (nSPS) is 19.6. The smallest absolute Gasteiger partial charge is 0.347 e. The fraction of sp³-hybridized carbons (Fsp3) is 0.550. The molecule has 1 saturated heterocycles. The lowest BCUT2D eigenvalue weighted by molar-refractivity contribution is -0.158. The molecular formula is C20H26N2O6S. The van der Waals surface area contributed by atoms with Crippen molar-refractivity contribution in [2.24, 2.45) is 0 Å². The van der Waals surface area contributed by atoms with Crippen molar-refractivity contribution in [3.63, 3.8) is 0 Å². The SMILES string of the molecule is CC[C@@H](C)N(C(=O)COC(=O)[C@@H](C)Oc1ccc(C#N)cc1)[C@@H]1CCS(=O)(=O)C1. The van der Waals surface area contributed by atoms with E-state index in [0.717, 1.165) is 0 Å². The minimum absolute atomic E-state index is 0.0603. The van der Waals surface area contributed by atoms with E-state index in [0.29, 0.717) is 24.2 Å². The van der Waals surface area contributed by atoms with Crippen molar-refractivity contribution >= 4 is 21.7 Å². The van der Waals surface area contributed by atoms with Gasteiger partial charge in [0.15, 0.2) is 22.5 Å². The van der Waals surface area contributed by atoms with E-state index in [2.05, 4.69) is 0 Å². The first-order valence-electron chi connectivity index (χ1n) is 9.52. The van der Waals surface area contributed by atoms with Crippen molar-refractivity contribution in [2.45, 2.75) is 51.8 Å². The number of hydrogen-bond acceptors (Lipinski definition) is 7. The van der Waals surface area contributed by atoms with Gasteiger partial charge in [-0.2, -0.15) is 5.26 Å². The van der Waals surface area contributed by atoms with Gasteiger partial charge in [0.05, 0.1) is 23.1 Å². The molecule has 1 amide bonds. The van der Waals surface area contributed by atoms with Crippen LogP contribution in [0.4, 0.5) is 0 Å². The summed E-state index contributed by atoms with van der Waals surface area (Å²) in [4.78, 5) is 26.4. The monoisotopic (exact) mass is 422 g/mol. The summed E-state index contributed by atoms with van der Waals surface area (Å²) in [5.41, 5.74) is 0.470. The van der Waals surface area contributed by atoms with Gasteiger partial charge in [-0.25, -0.2) is 13.2 Å². The number of benzene rings is 1. The Morgan fingerprint density at radius 3 is 2.45 bits per heavy atom. The van der Waals surface area contributed by atoms with Gasteiger partial charge >= 0.3 is 5.97 Å². The second kappa shape index (κ2) is 9.74. The molecule has 1 heterocycles. The fourth-order valence-electron chi connectivity index (χ4n) is 3.19. The Kier molecular flexibility index (Phi) is 7.62. The molecule has 8 nitrogen and oxygen atoms in total. The van der Waals surface area contributed by atoms with Crippen molar-refractivity contribution in [3.8, 4) is 11.8 Å². The average molecular weight is 423 g/mol. The summed E-state index contributed by atoms with van der Waals surface area (Å²) in [5, 5.41) is 8.80. The number of amides is 1.